The van der Waals surface area contributed by atoms with Crippen LogP contribution in [0.2, 0.25) is 0 Å². The molecule has 0 radical (unpaired) electrons. The van der Waals surface area contributed by atoms with E-state index in [0.29, 0.717) is 5.13 Å². The molecular formula is C14H19N5O2S2. The number of urea groups is 1. The van der Waals surface area contributed by atoms with E-state index in [1.54, 1.807) is 0 Å². The van der Waals surface area contributed by atoms with Gasteiger partial charge in [-0.05, 0) is 17.9 Å². The van der Waals surface area contributed by atoms with Gasteiger partial charge in [0.1, 0.15) is 5.01 Å². The maximum absolute atomic E-state index is 12.2. The van der Waals surface area contributed by atoms with Gasteiger partial charge in [0, 0.05) is 11.3 Å². The lowest BCUT2D eigenvalue weighted by Crippen LogP contribution is -2.34. The molecule has 0 saturated carbocycles. The SMILES string of the molecule is CCCCc1nnc(NC(=O)CC(NC(N)=O)c2cccs2)s1. The average molecular weight is 353 g/mol. The number of carbonyl (C=O) groups is 2. The van der Waals surface area contributed by atoms with Crippen LogP contribution >= 0.6 is 22.7 Å². The summed E-state index contributed by atoms with van der Waals surface area (Å²) in [6.45, 7) is 2.11. The van der Waals surface area contributed by atoms with Gasteiger partial charge in [-0.1, -0.05) is 30.7 Å². The highest BCUT2D eigenvalue weighted by molar-refractivity contribution is 7.15. The average Bonchev–Trinajstić information content (AvgIpc) is 3.15. The molecule has 7 nitrogen and oxygen atoms in total. The first-order valence-electron chi connectivity index (χ1n) is 7.30. The minimum Gasteiger partial charge on any atom is -0.352 e. The van der Waals surface area contributed by atoms with Crippen LogP contribution in [0.3, 0.4) is 0 Å². The predicted octanol–water partition coefficient (Wildman–Crippen LogP) is 2.68. The van der Waals surface area contributed by atoms with E-state index in [0.717, 1.165) is 29.1 Å². The first kappa shape index (κ1) is 17.4. The summed E-state index contributed by atoms with van der Waals surface area (Å²) in [6, 6.07) is 2.61. The lowest BCUT2D eigenvalue weighted by atomic mass is 10.1. The van der Waals surface area contributed by atoms with Crippen molar-refractivity contribution in [3.63, 3.8) is 0 Å². The zero-order valence-electron chi connectivity index (χ0n) is 12.7. The molecule has 9 heteroatoms. The number of aryl methyl sites for hydroxylation is 1. The van der Waals surface area contributed by atoms with Crippen LogP contribution in [0.15, 0.2) is 17.5 Å². The van der Waals surface area contributed by atoms with Gasteiger partial charge < -0.3 is 16.4 Å². The summed E-state index contributed by atoms with van der Waals surface area (Å²) in [6.07, 6.45) is 3.09. The molecule has 0 aromatic carbocycles. The summed E-state index contributed by atoms with van der Waals surface area (Å²) in [5.74, 6) is -0.240. The highest BCUT2D eigenvalue weighted by atomic mass is 32.1. The van der Waals surface area contributed by atoms with Gasteiger partial charge >= 0.3 is 6.03 Å². The summed E-state index contributed by atoms with van der Waals surface area (Å²) in [5.41, 5.74) is 5.18. The van der Waals surface area contributed by atoms with Crippen LogP contribution in [-0.2, 0) is 11.2 Å². The fraction of sp³-hybridized carbons (Fsp3) is 0.429. The van der Waals surface area contributed by atoms with E-state index in [2.05, 4.69) is 27.8 Å². The Hall–Kier alpha value is -2.00. The van der Waals surface area contributed by atoms with Gasteiger partial charge in [0.2, 0.25) is 11.0 Å². The second-order valence-electron chi connectivity index (χ2n) is 4.93. The third kappa shape index (κ3) is 5.61. The molecule has 23 heavy (non-hydrogen) atoms. The van der Waals surface area contributed by atoms with E-state index in [1.807, 2.05) is 17.5 Å². The number of nitrogens with zero attached hydrogens (tertiary/aromatic N) is 2. The molecule has 3 amide bonds. The largest absolute Gasteiger partial charge is 0.352 e. The molecular weight excluding hydrogens is 334 g/mol. The number of nitrogens with two attached hydrogens (primary N) is 1. The Morgan fingerprint density at radius 3 is 2.87 bits per heavy atom. The topological polar surface area (TPSA) is 110 Å². The standard InChI is InChI=1S/C14H19N5O2S2/c1-2-3-6-12-18-19-14(23-12)17-11(20)8-9(16-13(15)21)10-5-4-7-22-10/h4-5,7,9H,2-3,6,8H2,1H3,(H3,15,16,21)(H,17,19,20). The molecule has 2 aromatic rings. The number of thiophene rings is 1. The lowest BCUT2D eigenvalue weighted by Gasteiger charge is -2.15. The van der Waals surface area contributed by atoms with E-state index in [4.69, 9.17) is 5.73 Å². The predicted molar refractivity (Wildman–Crippen MR) is 91.5 cm³/mol. The Kier molecular flexibility index (Phi) is 6.48. The maximum Gasteiger partial charge on any atom is 0.312 e. The highest BCUT2D eigenvalue weighted by Gasteiger charge is 2.19. The number of hydrogen-bond acceptors (Lipinski definition) is 6. The molecule has 1 unspecified atom stereocenters. The van der Waals surface area contributed by atoms with Gasteiger partial charge in [0.05, 0.1) is 12.5 Å². The van der Waals surface area contributed by atoms with Crippen molar-refractivity contribution in [2.75, 3.05) is 5.32 Å². The monoisotopic (exact) mass is 353 g/mol. The molecule has 2 heterocycles. The second kappa shape index (κ2) is 8.59. The Balaban J connectivity index is 1.93. The fourth-order valence-corrected chi connectivity index (χ4v) is 3.55. The quantitative estimate of drug-likeness (QED) is 0.677. The molecule has 0 spiro atoms. The van der Waals surface area contributed by atoms with E-state index in [9.17, 15) is 9.59 Å². The maximum atomic E-state index is 12.2. The zero-order valence-corrected chi connectivity index (χ0v) is 14.4. The number of primary amides is 1. The number of hydrogen-bond donors (Lipinski definition) is 3. The van der Waals surface area contributed by atoms with Gasteiger partial charge in [-0.3, -0.25) is 4.79 Å². The Morgan fingerprint density at radius 1 is 1.39 bits per heavy atom. The molecule has 0 aliphatic heterocycles. The smallest absolute Gasteiger partial charge is 0.312 e. The van der Waals surface area contributed by atoms with E-state index >= 15 is 0 Å². The Labute approximate surface area is 142 Å². The molecule has 4 N–H and O–H groups in total. The van der Waals surface area contributed by atoms with Crippen molar-refractivity contribution in [2.45, 2.75) is 38.6 Å². The second-order valence-corrected chi connectivity index (χ2v) is 6.97. The number of rotatable bonds is 8. The number of nitrogens with one attached hydrogen (secondary N) is 2. The lowest BCUT2D eigenvalue weighted by molar-refractivity contribution is -0.116. The van der Waals surface area contributed by atoms with Crippen LogP contribution in [0, 0.1) is 0 Å². The first-order chi connectivity index (χ1) is 11.1. The summed E-state index contributed by atoms with van der Waals surface area (Å²) in [7, 11) is 0. The molecule has 0 saturated heterocycles. The minimum atomic E-state index is -0.658. The van der Waals surface area contributed by atoms with Crippen LogP contribution < -0.4 is 16.4 Å². The first-order valence-corrected chi connectivity index (χ1v) is 8.99. The van der Waals surface area contributed by atoms with Crippen molar-refractivity contribution in [1.29, 1.82) is 0 Å². The van der Waals surface area contributed by atoms with E-state index < -0.39 is 12.1 Å². The van der Waals surface area contributed by atoms with Gasteiger partial charge in [-0.2, -0.15) is 0 Å². The van der Waals surface area contributed by atoms with Crippen LogP contribution in [0.25, 0.3) is 0 Å². The number of carbonyl (C=O) groups excluding carboxylic acids is 2. The number of unbranched alkanes of at least 4 members (excludes halogenated alkanes) is 1. The summed E-state index contributed by atoms with van der Waals surface area (Å²) in [5, 5.41) is 16.6. The molecule has 0 aliphatic rings. The Morgan fingerprint density at radius 2 is 2.22 bits per heavy atom. The number of amides is 3. The van der Waals surface area contributed by atoms with Gasteiger partial charge in [0.25, 0.3) is 0 Å². The molecule has 2 rings (SSSR count). The molecule has 1 atom stereocenters. The highest BCUT2D eigenvalue weighted by Crippen LogP contribution is 2.23. The Bertz CT molecular complexity index is 641. The van der Waals surface area contributed by atoms with Crippen molar-refractivity contribution >= 4 is 39.7 Å². The van der Waals surface area contributed by atoms with Crippen LogP contribution in [-0.4, -0.2) is 22.1 Å². The molecule has 2 aromatic heterocycles. The fourth-order valence-electron chi connectivity index (χ4n) is 1.97. The minimum absolute atomic E-state index is 0.0906. The molecule has 0 aliphatic carbocycles. The van der Waals surface area contributed by atoms with Crippen molar-refractivity contribution in [1.82, 2.24) is 15.5 Å². The van der Waals surface area contributed by atoms with Crippen molar-refractivity contribution < 1.29 is 9.59 Å². The number of aromatic nitrogens is 2. The van der Waals surface area contributed by atoms with E-state index in [1.165, 1.54) is 22.7 Å². The number of anilines is 1. The van der Waals surface area contributed by atoms with Crippen LogP contribution in [0.4, 0.5) is 9.93 Å². The summed E-state index contributed by atoms with van der Waals surface area (Å²) < 4.78 is 0. The van der Waals surface area contributed by atoms with Crippen LogP contribution in [0.5, 0.6) is 0 Å². The summed E-state index contributed by atoms with van der Waals surface area (Å²) >= 11 is 2.83. The summed E-state index contributed by atoms with van der Waals surface area (Å²) in [4.78, 5) is 24.2. The van der Waals surface area contributed by atoms with Crippen molar-refractivity contribution in [3.8, 4) is 0 Å². The van der Waals surface area contributed by atoms with Gasteiger partial charge in [-0.15, -0.1) is 21.5 Å². The van der Waals surface area contributed by atoms with E-state index in [-0.39, 0.29) is 12.3 Å². The van der Waals surface area contributed by atoms with Gasteiger partial charge in [-0.25, -0.2) is 4.79 Å². The third-order valence-electron chi connectivity index (χ3n) is 3.05. The normalized spacial score (nSPS) is 11.9. The van der Waals surface area contributed by atoms with Crippen LogP contribution in [0.1, 0.15) is 42.1 Å². The molecule has 124 valence electrons. The molecule has 0 fully saturated rings. The molecule has 0 bridgehead atoms. The van der Waals surface area contributed by atoms with Gasteiger partial charge in [0.15, 0.2) is 0 Å². The van der Waals surface area contributed by atoms with Crippen molar-refractivity contribution in [2.24, 2.45) is 5.73 Å². The zero-order chi connectivity index (χ0) is 16.7. The van der Waals surface area contributed by atoms with Crippen molar-refractivity contribution in [3.05, 3.63) is 27.4 Å². The third-order valence-corrected chi connectivity index (χ3v) is 4.93.